The van der Waals surface area contributed by atoms with Crippen LogP contribution in [0.15, 0.2) is 0 Å². The van der Waals surface area contributed by atoms with Crippen LogP contribution in [0.25, 0.3) is 0 Å². The van der Waals surface area contributed by atoms with E-state index in [0.29, 0.717) is 57.5 Å². The molecule has 6 unspecified atom stereocenters. The summed E-state index contributed by atoms with van der Waals surface area (Å²) in [4.78, 5) is 23.4. The van der Waals surface area contributed by atoms with E-state index < -0.39 is 62.3 Å². The average molecular weight is 860 g/mol. The minimum absolute atomic E-state index is 0. The molecule has 0 aliphatic carbocycles. The summed E-state index contributed by atoms with van der Waals surface area (Å²) in [5.41, 5.74) is -0.877. The van der Waals surface area contributed by atoms with Crippen LogP contribution < -0.4 is 10.6 Å². The second kappa shape index (κ2) is 38.8. The maximum Gasteiger partial charge on any atom is 0.407 e. The third kappa shape index (κ3) is 34.2. The molecule has 2 N–H and O–H groups in total. The Kier molecular flexibility index (Phi) is 41.1. The highest BCUT2D eigenvalue weighted by Gasteiger charge is 2.40. The molecule has 1 fully saturated rings. The molecule has 20 heteroatoms. The lowest BCUT2D eigenvalue weighted by molar-refractivity contribution is -0.0390. The molecule has 1 aliphatic heterocycles. The van der Waals surface area contributed by atoms with Gasteiger partial charge in [-0.2, -0.15) is 4.31 Å². The molecule has 1 heterocycles. The minimum Gasteiger partial charge on any atom is -0.445 e. The van der Waals surface area contributed by atoms with Gasteiger partial charge in [0.25, 0.3) is 0 Å². The first-order chi connectivity index (χ1) is 25.3. The molecule has 16 nitrogen and oxygen atoms in total. The van der Waals surface area contributed by atoms with E-state index in [9.17, 15) is 26.4 Å². The van der Waals surface area contributed by atoms with Crippen molar-refractivity contribution in [1.29, 1.82) is 0 Å². The molecule has 1 aliphatic rings. The molecule has 54 heavy (non-hydrogen) atoms. The van der Waals surface area contributed by atoms with Crippen LogP contribution in [0.5, 0.6) is 0 Å². The Morgan fingerprint density at radius 2 is 1.39 bits per heavy atom. The Bertz CT molecular complexity index is 1030. The van der Waals surface area contributed by atoms with Gasteiger partial charge in [0.1, 0.15) is 6.61 Å². The summed E-state index contributed by atoms with van der Waals surface area (Å²) in [6.45, 7) is 11.9. The fraction of sp³-hybridized carbons (Fsp3) is 0.941. The molecule has 326 valence electrons. The zero-order valence-electron chi connectivity index (χ0n) is 33.3. The quantitative estimate of drug-likeness (QED) is 0.0969. The summed E-state index contributed by atoms with van der Waals surface area (Å²) in [6, 6.07) is 0. The van der Waals surface area contributed by atoms with E-state index in [1.165, 1.54) is 46.0 Å². The summed E-state index contributed by atoms with van der Waals surface area (Å²) in [6.07, 6.45) is 12.8. The molecule has 1 saturated heterocycles. The van der Waals surface area contributed by atoms with Gasteiger partial charge in [-0.3, -0.25) is 16.7 Å². The van der Waals surface area contributed by atoms with E-state index in [2.05, 4.69) is 21.7 Å². The van der Waals surface area contributed by atoms with Gasteiger partial charge in [-0.1, -0.05) is 73.6 Å². The first-order valence-electron chi connectivity index (χ1n) is 18.4. The normalized spacial score (nSPS) is 17.6. The van der Waals surface area contributed by atoms with Crippen LogP contribution in [-0.4, -0.2) is 131 Å². The highest BCUT2D eigenvalue weighted by Crippen LogP contribution is 2.24. The number of ether oxygens (including phenoxy) is 3. The second-order valence-electron chi connectivity index (χ2n) is 12.0. The molecular formula is C34H73N3O13S4. The van der Waals surface area contributed by atoms with Crippen molar-refractivity contribution in [3.05, 3.63) is 0 Å². The zero-order chi connectivity index (χ0) is 40.3. The number of carbonyl (C=O) groups is 2. The summed E-state index contributed by atoms with van der Waals surface area (Å²) >= 11 is -5.05. The number of alkyl carbamates (subject to hydrolysis) is 2. The number of amides is 2. The van der Waals surface area contributed by atoms with E-state index in [1.54, 1.807) is 4.31 Å². The third-order valence-electron chi connectivity index (χ3n) is 7.61. The van der Waals surface area contributed by atoms with Crippen LogP contribution in [0.2, 0.25) is 0 Å². The highest BCUT2D eigenvalue weighted by molar-refractivity contribution is 7.80. The number of nitrogens with one attached hydrogen (secondary N) is 2. The summed E-state index contributed by atoms with van der Waals surface area (Å²) in [5, 5.41) is 5.35. The van der Waals surface area contributed by atoms with Gasteiger partial charge >= 0.3 is 12.2 Å². The molecular weight excluding hydrogens is 787 g/mol. The van der Waals surface area contributed by atoms with Crippen molar-refractivity contribution in [3.63, 3.8) is 0 Å². The number of hydrogen-bond acceptors (Lipinski definition) is 13. The lowest BCUT2D eigenvalue weighted by Crippen LogP contribution is -2.45. The topological polar surface area (TPSA) is 194 Å². The predicted molar refractivity (Wildman–Crippen MR) is 218 cm³/mol. The van der Waals surface area contributed by atoms with Crippen molar-refractivity contribution in [2.45, 2.75) is 111 Å². The van der Waals surface area contributed by atoms with Gasteiger partial charge in [0, 0.05) is 50.9 Å². The van der Waals surface area contributed by atoms with Crippen LogP contribution in [0.1, 0.15) is 106 Å². The summed E-state index contributed by atoms with van der Waals surface area (Å²) < 4.78 is 80.4. The van der Waals surface area contributed by atoms with Gasteiger partial charge in [0.05, 0.1) is 40.6 Å². The van der Waals surface area contributed by atoms with Crippen LogP contribution in [0.4, 0.5) is 9.59 Å². The lowest BCUT2D eigenvalue weighted by Gasteiger charge is -2.27. The molecule has 0 aromatic carbocycles. The van der Waals surface area contributed by atoms with Crippen LogP contribution in [0.3, 0.4) is 0 Å². The van der Waals surface area contributed by atoms with E-state index in [4.69, 9.17) is 26.8 Å². The van der Waals surface area contributed by atoms with Crippen LogP contribution >= 0.6 is 0 Å². The number of hydrogen-bond donors (Lipinski definition) is 2. The summed E-state index contributed by atoms with van der Waals surface area (Å²) in [7, 11) is 2.84. The number of nitrogens with zero attached hydrogens (tertiary/aromatic N) is 1. The largest absolute Gasteiger partial charge is 0.445 e. The predicted octanol–water partition coefficient (Wildman–Crippen LogP) is 5.26. The monoisotopic (exact) mass is 859 g/mol. The molecule has 0 aromatic rings. The SMILES string of the molecule is C.CCCCCC(CCOS(C)=O)CCS(=O)OC.CCCCNC(=O)OCC1(OC(=O)NCCCC)CCOC1.CCN(CCOS(C)=O)S(=O)OC. The number of rotatable bonds is 28. The Balaban J connectivity index is -0.000000741. The van der Waals surface area contributed by atoms with Gasteiger partial charge in [-0.15, -0.1) is 0 Å². The van der Waals surface area contributed by atoms with Gasteiger partial charge < -0.3 is 24.8 Å². The van der Waals surface area contributed by atoms with Gasteiger partial charge in [0.2, 0.25) is 11.3 Å². The van der Waals surface area contributed by atoms with Crippen molar-refractivity contribution < 1.29 is 57.4 Å². The average Bonchev–Trinajstić information content (AvgIpc) is 3.59. The molecule has 0 aromatic heterocycles. The first kappa shape index (κ1) is 57.2. The Hall–Kier alpha value is -1.10. The van der Waals surface area contributed by atoms with E-state index >= 15 is 0 Å². The summed E-state index contributed by atoms with van der Waals surface area (Å²) in [5.74, 6) is 1.06. The van der Waals surface area contributed by atoms with Crippen molar-refractivity contribution in [2.75, 3.05) is 91.7 Å². The smallest absolute Gasteiger partial charge is 0.407 e. The van der Waals surface area contributed by atoms with Crippen molar-refractivity contribution >= 4 is 56.7 Å². The van der Waals surface area contributed by atoms with Gasteiger partial charge in [0.15, 0.2) is 38.8 Å². The van der Waals surface area contributed by atoms with Gasteiger partial charge in [-0.05, 0) is 31.6 Å². The lowest BCUT2D eigenvalue weighted by atomic mass is 9.96. The van der Waals surface area contributed by atoms with E-state index in [1.807, 2.05) is 20.8 Å². The zero-order valence-corrected chi connectivity index (χ0v) is 36.6. The molecule has 0 spiro atoms. The fourth-order valence-electron chi connectivity index (χ4n) is 4.52. The molecule has 6 atom stereocenters. The standard InChI is InChI=1S/C15H28N2O5.C12H26O4S2.C6H15NO4S2.CH4/c1-3-5-8-16-13(18)21-12-15(7-10-20-11-15)22-14(19)17-9-6-4-2;1-4-5-6-7-12(8-10-16-17(3)13)9-11-18(14)15-2;1-4-7(13(9)10-2)5-6-11-12(3)8;/h3-12H2,1-2H3,(H,16,18)(H,17,19);12H,4-11H2,1-3H3;4-6H2,1-3H3;1H4. The van der Waals surface area contributed by atoms with Crippen LogP contribution in [0, 0.1) is 5.92 Å². The molecule has 0 bridgehead atoms. The Morgan fingerprint density at radius 3 is 1.89 bits per heavy atom. The van der Waals surface area contributed by atoms with Crippen LogP contribution in [-0.2, 0) is 75.5 Å². The van der Waals surface area contributed by atoms with Crippen molar-refractivity contribution in [2.24, 2.45) is 5.92 Å². The second-order valence-corrected chi connectivity index (χ2v) is 16.7. The number of unbranched alkanes of at least 4 members (excludes halogenated alkanes) is 4. The number of carbonyl (C=O) groups excluding carboxylic acids is 2. The van der Waals surface area contributed by atoms with E-state index in [-0.39, 0.29) is 27.2 Å². The molecule has 0 saturated carbocycles. The molecule has 2 amide bonds. The molecule has 0 radical (unpaired) electrons. The Labute approximate surface area is 336 Å². The van der Waals surface area contributed by atoms with Gasteiger partial charge in [-0.25, -0.2) is 26.4 Å². The first-order valence-corrected chi connectivity index (χ1v) is 23.6. The minimum atomic E-state index is -1.43. The Morgan fingerprint density at radius 1 is 0.796 bits per heavy atom. The fourth-order valence-corrected chi connectivity index (χ4v) is 6.50. The maximum absolute atomic E-state index is 11.8. The van der Waals surface area contributed by atoms with E-state index in [0.717, 1.165) is 44.9 Å². The molecule has 1 rings (SSSR count). The highest BCUT2D eigenvalue weighted by atomic mass is 32.2. The van der Waals surface area contributed by atoms with Crippen molar-refractivity contribution in [3.8, 4) is 0 Å². The van der Waals surface area contributed by atoms with Crippen molar-refractivity contribution in [1.82, 2.24) is 14.9 Å². The maximum atomic E-state index is 11.8. The number of likely N-dealkylation sites (N-methyl/N-ethyl adjacent to an activating group) is 1. The third-order valence-corrected chi connectivity index (χ3v) is 10.7.